The van der Waals surface area contributed by atoms with Gasteiger partial charge in [0.1, 0.15) is 0 Å². The number of hydrogen-bond donors (Lipinski definition) is 3. The van der Waals surface area contributed by atoms with Crippen LogP contribution >= 0.6 is 0 Å². The highest BCUT2D eigenvalue weighted by Gasteiger charge is 2.18. The fraction of sp³-hybridized carbons (Fsp3) is 0.846. The number of hydrogen-bond acceptors (Lipinski definition) is 5. The van der Waals surface area contributed by atoms with Crippen LogP contribution < -0.4 is 5.32 Å². The van der Waals surface area contributed by atoms with Crippen LogP contribution in [-0.2, 0) is 14.3 Å². The molecule has 0 bridgehead atoms. The highest BCUT2D eigenvalue weighted by atomic mass is 16.5. The van der Waals surface area contributed by atoms with Crippen molar-refractivity contribution >= 4 is 11.9 Å². The number of unbranched alkanes of at least 4 members (excludes halogenated alkanes) is 41. The maximum absolute atomic E-state index is 12.4. The van der Waals surface area contributed by atoms with Crippen molar-refractivity contribution in [3.05, 3.63) is 48.6 Å². The number of carbonyl (C=O) groups is 2. The van der Waals surface area contributed by atoms with Crippen LogP contribution in [0.3, 0.4) is 0 Å². The third-order valence-electron chi connectivity index (χ3n) is 14.3. The first-order valence-electron chi connectivity index (χ1n) is 31.4. The molecule has 0 aromatic carbocycles. The normalized spacial score (nSPS) is 12.9. The van der Waals surface area contributed by atoms with Crippen molar-refractivity contribution in [2.75, 3.05) is 13.2 Å². The number of amides is 1. The molecule has 0 radical (unpaired) electrons. The molecule has 6 heteroatoms. The molecule has 0 aliphatic carbocycles. The molecule has 0 aromatic rings. The van der Waals surface area contributed by atoms with Gasteiger partial charge in [-0.05, 0) is 83.5 Å². The molecule has 3 N–H and O–H groups in total. The Hall–Kier alpha value is -2.18. The fourth-order valence-corrected chi connectivity index (χ4v) is 9.47. The van der Waals surface area contributed by atoms with Gasteiger partial charge in [-0.1, -0.05) is 281 Å². The van der Waals surface area contributed by atoms with Gasteiger partial charge in [-0.2, -0.15) is 0 Å². The maximum atomic E-state index is 12.4. The minimum Gasteiger partial charge on any atom is -0.466 e. The van der Waals surface area contributed by atoms with Gasteiger partial charge in [0.2, 0.25) is 5.91 Å². The van der Waals surface area contributed by atoms with Gasteiger partial charge in [-0.15, -0.1) is 0 Å². The second kappa shape index (κ2) is 60.4. The lowest BCUT2D eigenvalue weighted by Gasteiger charge is -2.20. The third-order valence-corrected chi connectivity index (χ3v) is 14.3. The lowest BCUT2D eigenvalue weighted by Crippen LogP contribution is -2.45. The Balaban J connectivity index is 3.35. The molecular formula is C65H121NO5. The number of nitrogens with one attached hydrogen (secondary N) is 1. The number of allylic oxidation sites excluding steroid dienone is 7. The zero-order valence-electron chi connectivity index (χ0n) is 47.5. The monoisotopic (exact) mass is 996 g/mol. The molecule has 416 valence electrons. The van der Waals surface area contributed by atoms with E-state index in [4.69, 9.17) is 4.74 Å². The van der Waals surface area contributed by atoms with Crippen LogP contribution in [0.25, 0.3) is 0 Å². The smallest absolute Gasteiger partial charge is 0.305 e. The summed E-state index contributed by atoms with van der Waals surface area (Å²) in [5.74, 6) is -0.0662. The van der Waals surface area contributed by atoms with E-state index in [1.54, 1.807) is 6.08 Å². The summed E-state index contributed by atoms with van der Waals surface area (Å²) in [4.78, 5) is 24.4. The minimum absolute atomic E-state index is 0.00224. The lowest BCUT2D eigenvalue weighted by atomic mass is 10.0. The molecule has 2 atom stereocenters. The summed E-state index contributed by atoms with van der Waals surface area (Å²) < 4.78 is 5.47. The van der Waals surface area contributed by atoms with Crippen molar-refractivity contribution in [1.82, 2.24) is 5.32 Å². The zero-order chi connectivity index (χ0) is 51.4. The zero-order valence-corrected chi connectivity index (χ0v) is 47.5. The molecule has 0 saturated heterocycles. The molecule has 0 saturated carbocycles. The van der Waals surface area contributed by atoms with Crippen LogP contribution in [0.1, 0.15) is 328 Å². The van der Waals surface area contributed by atoms with Gasteiger partial charge >= 0.3 is 5.97 Å². The van der Waals surface area contributed by atoms with Crippen LogP contribution in [0.2, 0.25) is 0 Å². The third kappa shape index (κ3) is 57.0. The molecule has 6 nitrogen and oxygen atoms in total. The first kappa shape index (κ1) is 68.8. The van der Waals surface area contributed by atoms with Gasteiger partial charge < -0.3 is 20.3 Å². The summed E-state index contributed by atoms with van der Waals surface area (Å²) in [5, 5.41) is 22.9. The molecule has 0 aromatic heterocycles. The number of rotatable bonds is 58. The first-order valence-corrected chi connectivity index (χ1v) is 31.4. The molecule has 0 heterocycles. The molecule has 0 spiro atoms. The second-order valence-corrected chi connectivity index (χ2v) is 21.4. The molecule has 2 unspecified atom stereocenters. The van der Waals surface area contributed by atoms with Gasteiger partial charge in [0.15, 0.2) is 0 Å². The van der Waals surface area contributed by atoms with Crippen molar-refractivity contribution in [2.24, 2.45) is 0 Å². The van der Waals surface area contributed by atoms with E-state index in [-0.39, 0.29) is 18.5 Å². The Morgan fingerprint density at radius 3 is 1.13 bits per heavy atom. The average Bonchev–Trinajstić information content (AvgIpc) is 3.37. The quantitative estimate of drug-likeness (QED) is 0.0321. The standard InChI is InChI=1S/C65H121NO5/c1-3-5-7-9-11-13-14-15-36-39-43-47-51-55-59-65(70)71-60-56-52-48-44-40-37-34-32-30-28-26-24-22-20-18-16-17-19-21-23-25-27-29-31-33-35-38-42-46-50-54-58-64(69)66-62(61-67)63(68)57-53-49-45-41-12-10-8-6-4-2/h9,11,14-15,18,20,53,57,62-63,67-68H,3-8,10,12-13,16-17,19,21-52,54-56,58-61H2,1-2H3,(H,66,69)/b11-9-,15-14-,20-18-,57-53+. The van der Waals surface area contributed by atoms with E-state index >= 15 is 0 Å². The van der Waals surface area contributed by atoms with Gasteiger partial charge in [-0.25, -0.2) is 0 Å². The Bertz CT molecular complexity index is 1190. The van der Waals surface area contributed by atoms with Crippen molar-refractivity contribution in [3.8, 4) is 0 Å². The molecule has 0 fully saturated rings. The number of ether oxygens (including phenoxy) is 1. The van der Waals surface area contributed by atoms with E-state index < -0.39 is 12.1 Å². The van der Waals surface area contributed by atoms with Crippen LogP contribution in [-0.4, -0.2) is 47.4 Å². The Morgan fingerprint density at radius 1 is 0.394 bits per heavy atom. The van der Waals surface area contributed by atoms with E-state index in [0.29, 0.717) is 19.4 Å². The molecule has 0 aliphatic rings. The number of aliphatic hydroxyl groups is 2. The van der Waals surface area contributed by atoms with Gasteiger partial charge in [0.25, 0.3) is 0 Å². The molecule has 0 aliphatic heterocycles. The molecular weight excluding hydrogens is 875 g/mol. The molecule has 71 heavy (non-hydrogen) atoms. The summed E-state index contributed by atoms with van der Waals surface area (Å²) in [6, 6.07) is -0.624. The summed E-state index contributed by atoms with van der Waals surface area (Å²) in [5.41, 5.74) is 0. The van der Waals surface area contributed by atoms with E-state index in [1.165, 1.54) is 250 Å². The van der Waals surface area contributed by atoms with Crippen molar-refractivity contribution < 1.29 is 24.5 Å². The SMILES string of the molecule is CCCC/C=C\C/C=C\CCCCCCCC(=O)OCCCCCCCCCCCCCC/C=C\CCCCCCCCCCCCCCCCCC(=O)NC(CO)C(O)/C=C/CCCCCCCCC. The predicted molar refractivity (Wildman–Crippen MR) is 310 cm³/mol. The highest BCUT2D eigenvalue weighted by molar-refractivity contribution is 5.76. The summed E-state index contributed by atoms with van der Waals surface area (Å²) in [6.07, 6.45) is 77.5. The number of esters is 1. The minimum atomic E-state index is -0.841. The lowest BCUT2D eigenvalue weighted by molar-refractivity contribution is -0.143. The summed E-state index contributed by atoms with van der Waals surface area (Å²) >= 11 is 0. The fourth-order valence-electron chi connectivity index (χ4n) is 9.47. The van der Waals surface area contributed by atoms with Crippen LogP contribution in [0.5, 0.6) is 0 Å². The van der Waals surface area contributed by atoms with E-state index in [2.05, 4.69) is 55.6 Å². The second-order valence-electron chi connectivity index (χ2n) is 21.4. The molecule has 1 amide bonds. The first-order chi connectivity index (χ1) is 35.0. The van der Waals surface area contributed by atoms with Crippen LogP contribution in [0.4, 0.5) is 0 Å². The maximum Gasteiger partial charge on any atom is 0.305 e. The molecule has 0 rings (SSSR count). The Morgan fingerprint density at radius 2 is 0.718 bits per heavy atom. The van der Waals surface area contributed by atoms with E-state index in [9.17, 15) is 19.8 Å². The Kier molecular flexibility index (Phi) is 58.5. The van der Waals surface area contributed by atoms with Crippen LogP contribution in [0.15, 0.2) is 48.6 Å². The number of aliphatic hydroxyl groups excluding tert-OH is 2. The topological polar surface area (TPSA) is 95.9 Å². The summed E-state index contributed by atoms with van der Waals surface area (Å²) in [6.45, 7) is 4.84. The van der Waals surface area contributed by atoms with Gasteiger partial charge in [-0.3, -0.25) is 9.59 Å². The summed E-state index contributed by atoms with van der Waals surface area (Å²) in [7, 11) is 0. The van der Waals surface area contributed by atoms with Crippen molar-refractivity contribution in [2.45, 2.75) is 341 Å². The van der Waals surface area contributed by atoms with Gasteiger partial charge in [0, 0.05) is 12.8 Å². The van der Waals surface area contributed by atoms with Gasteiger partial charge in [0.05, 0.1) is 25.4 Å². The van der Waals surface area contributed by atoms with Crippen molar-refractivity contribution in [1.29, 1.82) is 0 Å². The Labute approximate surface area is 442 Å². The average molecular weight is 997 g/mol. The predicted octanol–water partition coefficient (Wildman–Crippen LogP) is 19.7. The van der Waals surface area contributed by atoms with E-state index in [0.717, 1.165) is 51.4 Å². The van der Waals surface area contributed by atoms with Crippen LogP contribution in [0, 0.1) is 0 Å². The largest absolute Gasteiger partial charge is 0.466 e. The van der Waals surface area contributed by atoms with Crippen molar-refractivity contribution in [3.63, 3.8) is 0 Å². The number of carbonyl (C=O) groups excluding carboxylic acids is 2. The highest BCUT2D eigenvalue weighted by Crippen LogP contribution is 2.17. The van der Waals surface area contributed by atoms with E-state index in [1.807, 2.05) is 6.08 Å².